The number of hydrogen-bond acceptors (Lipinski definition) is 3. The molecule has 2 unspecified atom stereocenters. The van der Waals surface area contributed by atoms with E-state index in [0.29, 0.717) is 0 Å². The Kier molecular flexibility index (Phi) is 3.52. The molecular formula is C10H20N2S. The van der Waals surface area contributed by atoms with Gasteiger partial charge in [0.05, 0.1) is 0 Å². The van der Waals surface area contributed by atoms with Crippen LogP contribution in [0.3, 0.4) is 0 Å². The monoisotopic (exact) mass is 200 g/mol. The van der Waals surface area contributed by atoms with Gasteiger partial charge in [-0.3, -0.25) is 4.90 Å². The number of nitrogens with zero attached hydrogens (tertiary/aromatic N) is 1. The van der Waals surface area contributed by atoms with Gasteiger partial charge in [-0.15, -0.1) is 0 Å². The maximum absolute atomic E-state index is 3.47. The molecule has 2 fully saturated rings. The number of hydrogen-bond donors (Lipinski definition) is 1. The van der Waals surface area contributed by atoms with E-state index in [4.69, 9.17) is 0 Å². The lowest BCUT2D eigenvalue weighted by Gasteiger charge is -2.29. The molecule has 2 heterocycles. The van der Waals surface area contributed by atoms with E-state index >= 15 is 0 Å². The molecule has 3 heteroatoms. The average molecular weight is 200 g/mol. The molecule has 2 saturated heterocycles. The Hall–Kier alpha value is 0.270. The fourth-order valence-corrected chi connectivity index (χ4v) is 3.68. The molecule has 2 aliphatic rings. The van der Waals surface area contributed by atoms with Crippen molar-refractivity contribution < 1.29 is 0 Å². The van der Waals surface area contributed by atoms with Crippen molar-refractivity contribution in [1.82, 2.24) is 10.2 Å². The third kappa shape index (κ3) is 2.39. The van der Waals surface area contributed by atoms with Crippen molar-refractivity contribution in [2.24, 2.45) is 0 Å². The van der Waals surface area contributed by atoms with Gasteiger partial charge in [0.15, 0.2) is 0 Å². The Morgan fingerprint density at radius 2 is 2.23 bits per heavy atom. The maximum atomic E-state index is 3.47. The normalized spacial score (nSPS) is 37.6. The molecule has 0 spiro atoms. The Balaban J connectivity index is 1.89. The van der Waals surface area contributed by atoms with Crippen molar-refractivity contribution in [3.05, 3.63) is 0 Å². The second kappa shape index (κ2) is 4.67. The van der Waals surface area contributed by atoms with E-state index < -0.39 is 0 Å². The van der Waals surface area contributed by atoms with Gasteiger partial charge in [-0.2, -0.15) is 11.8 Å². The van der Waals surface area contributed by atoms with Crippen molar-refractivity contribution >= 4 is 11.8 Å². The molecule has 0 aromatic rings. The largest absolute Gasteiger partial charge is 0.315 e. The summed E-state index contributed by atoms with van der Waals surface area (Å²) in [7, 11) is 0. The molecular weight excluding hydrogens is 180 g/mol. The smallest absolute Gasteiger partial charge is 0.0220 e. The van der Waals surface area contributed by atoms with Crippen molar-refractivity contribution in [2.45, 2.75) is 31.1 Å². The SMILES string of the molecule is CC1SCCC1N1CCCNCC1. The van der Waals surface area contributed by atoms with Crippen molar-refractivity contribution in [2.75, 3.05) is 31.9 Å². The summed E-state index contributed by atoms with van der Waals surface area (Å²) in [6.07, 6.45) is 2.74. The molecule has 2 atom stereocenters. The van der Waals surface area contributed by atoms with E-state index in [0.717, 1.165) is 11.3 Å². The van der Waals surface area contributed by atoms with E-state index in [1.807, 2.05) is 0 Å². The van der Waals surface area contributed by atoms with Crippen LogP contribution in [0.25, 0.3) is 0 Å². The van der Waals surface area contributed by atoms with E-state index in [1.165, 1.54) is 44.8 Å². The van der Waals surface area contributed by atoms with Crippen LogP contribution in [0.5, 0.6) is 0 Å². The van der Waals surface area contributed by atoms with Crippen LogP contribution in [0.1, 0.15) is 19.8 Å². The predicted octanol–water partition coefficient (Wildman–Crippen LogP) is 1.18. The van der Waals surface area contributed by atoms with Gasteiger partial charge in [-0.25, -0.2) is 0 Å². The highest BCUT2D eigenvalue weighted by molar-refractivity contribution is 8.00. The molecule has 0 aliphatic carbocycles. The molecule has 0 bridgehead atoms. The van der Waals surface area contributed by atoms with Crippen LogP contribution in [0.4, 0.5) is 0 Å². The van der Waals surface area contributed by atoms with Crippen LogP contribution in [-0.2, 0) is 0 Å². The fraction of sp³-hybridized carbons (Fsp3) is 1.00. The quantitative estimate of drug-likeness (QED) is 0.684. The van der Waals surface area contributed by atoms with Gasteiger partial charge in [0, 0.05) is 24.4 Å². The molecule has 0 amide bonds. The molecule has 2 nitrogen and oxygen atoms in total. The van der Waals surface area contributed by atoms with Crippen molar-refractivity contribution in [3.8, 4) is 0 Å². The molecule has 0 saturated carbocycles. The van der Waals surface area contributed by atoms with Gasteiger partial charge < -0.3 is 5.32 Å². The molecule has 76 valence electrons. The van der Waals surface area contributed by atoms with Gasteiger partial charge >= 0.3 is 0 Å². The lowest BCUT2D eigenvalue weighted by Crippen LogP contribution is -2.40. The minimum atomic E-state index is 0.859. The second-order valence-corrected chi connectivity index (χ2v) is 5.56. The summed E-state index contributed by atoms with van der Waals surface area (Å²) < 4.78 is 0. The standard InChI is InChI=1S/C10H20N2S/c1-9-10(3-8-13-9)12-6-2-4-11-5-7-12/h9-11H,2-8H2,1H3. The fourth-order valence-electron chi connectivity index (χ4n) is 2.40. The topological polar surface area (TPSA) is 15.3 Å². The molecule has 0 aromatic carbocycles. The Morgan fingerprint density at radius 3 is 3.00 bits per heavy atom. The highest BCUT2D eigenvalue weighted by Gasteiger charge is 2.29. The molecule has 2 rings (SSSR count). The van der Waals surface area contributed by atoms with Gasteiger partial charge in [0.2, 0.25) is 0 Å². The van der Waals surface area contributed by atoms with Crippen LogP contribution in [0.2, 0.25) is 0 Å². The zero-order chi connectivity index (χ0) is 9.10. The first-order valence-corrected chi connectivity index (χ1v) is 6.49. The Labute approximate surface area is 85.4 Å². The Bertz CT molecular complexity index is 155. The first-order valence-electron chi connectivity index (χ1n) is 5.44. The maximum Gasteiger partial charge on any atom is 0.0220 e. The summed E-state index contributed by atoms with van der Waals surface area (Å²) in [5.74, 6) is 1.37. The molecule has 0 radical (unpaired) electrons. The average Bonchev–Trinajstić information content (AvgIpc) is 2.43. The highest BCUT2D eigenvalue weighted by atomic mass is 32.2. The van der Waals surface area contributed by atoms with Crippen molar-refractivity contribution in [3.63, 3.8) is 0 Å². The molecule has 13 heavy (non-hydrogen) atoms. The molecule has 2 aliphatic heterocycles. The zero-order valence-electron chi connectivity index (χ0n) is 8.46. The first-order chi connectivity index (χ1) is 6.38. The lowest BCUT2D eigenvalue weighted by molar-refractivity contribution is 0.210. The first kappa shape index (κ1) is 9.81. The van der Waals surface area contributed by atoms with Crippen LogP contribution in [-0.4, -0.2) is 48.1 Å². The van der Waals surface area contributed by atoms with E-state index in [-0.39, 0.29) is 0 Å². The zero-order valence-corrected chi connectivity index (χ0v) is 9.28. The van der Waals surface area contributed by atoms with Gasteiger partial charge in [-0.1, -0.05) is 6.92 Å². The summed E-state index contributed by atoms with van der Waals surface area (Å²) in [6, 6.07) is 0.866. The minimum Gasteiger partial charge on any atom is -0.315 e. The Morgan fingerprint density at radius 1 is 1.31 bits per heavy atom. The number of rotatable bonds is 1. The summed E-state index contributed by atoms with van der Waals surface area (Å²) in [6.45, 7) is 7.36. The van der Waals surface area contributed by atoms with Crippen molar-refractivity contribution in [1.29, 1.82) is 0 Å². The molecule has 1 N–H and O–H groups in total. The van der Waals surface area contributed by atoms with E-state index in [9.17, 15) is 0 Å². The summed E-state index contributed by atoms with van der Waals surface area (Å²) >= 11 is 2.14. The van der Waals surface area contributed by atoms with Crippen LogP contribution in [0.15, 0.2) is 0 Å². The predicted molar refractivity (Wildman–Crippen MR) is 59.4 cm³/mol. The van der Waals surface area contributed by atoms with Gasteiger partial charge in [0.25, 0.3) is 0 Å². The van der Waals surface area contributed by atoms with Gasteiger partial charge in [0.1, 0.15) is 0 Å². The van der Waals surface area contributed by atoms with Crippen LogP contribution < -0.4 is 5.32 Å². The van der Waals surface area contributed by atoms with E-state index in [2.05, 4.69) is 28.9 Å². The van der Waals surface area contributed by atoms with Crippen LogP contribution >= 0.6 is 11.8 Å². The number of nitrogens with one attached hydrogen (secondary N) is 1. The highest BCUT2D eigenvalue weighted by Crippen LogP contribution is 2.30. The van der Waals surface area contributed by atoms with E-state index in [1.54, 1.807) is 0 Å². The van der Waals surface area contributed by atoms with Gasteiger partial charge in [-0.05, 0) is 31.7 Å². The van der Waals surface area contributed by atoms with Crippen LogP contribution in [0, 0.1) is 0 Å². The summed E-state index contributed by atoms with van der Waals surface area (Å²) in [5.41, 5.74) is 0. The molecule has 0 aromatic heterocycles. The third-order valence-corrected chi connectivity index (χ3v) is 4.49. The second-order valence-electron chi connectivity index (χ2n) is 4.07. The summed E-state index contributed by atoms with van der Waals surface area (Å²) in [5, 5.41) is 4.33. The number of thioether (sulfide) groups is 1. The third-order valence-electron chi connectivity index (χ3n) is 3.18. The summed E-state index contributed by atoms with van der Waals surface area (Å²) in [4.78, 5) is 2.70. The minimum absolute atomic E-state index is 0.859. The lowest BCUT2D eigenvalue weighted by atomic mass is 10.1.